The van der Waals surface area contributed by atoms with Crippen molar-refractivity contribution in [3.05, 3.63) is 94.8 Å². The molecule has 0 atom stereocenters. The lowest BCUT2D eigenvalue weighted by Crippen LogP contribution is -1.93. The zero-order chi connectivity index (χ0) is 20.8. The molecule has 0 nitrogen and oxygen atoms in total. The summed E-state index contributed by atoms with van der Waals surface area (Å²) >= 11 is 0. The number of rotatable bonds is 7. The van der Waals surface area contributed by atoms with Gasteiger partial charge in [-0.25, -0.2) is 13.2 Å². The first kappa shape index (κ1) is 20.9. The van der Waals surface area contributed by atoms with Crippen molar-refractivity contribution in [2.45, 2.75) is 39.5 Å². The highest BCUT2D eigenvalue weighted by molar-refractivity contribution is 5.91. The Balaban J connectivity index is 1.92. The maximum atomic E-state index is 14.9. The molecule has 0 aliphatic rings. The third kappa shape index (κ3) is 4.79. The van der Waals surface area contributed by atoms with Gasteiger partial charge in [0, 0.05) is 16.5 Å². The summed E-state index contributed by atoms with van der Waals surface area (Å²) in [4.78, 5) is 0. The van der Waals surface area contributed by atoms with Crippen molar-refractivity contribution in [3.63, 3.8) is 0 Å². The Bertz CT molecular complexity index is 1040. The minimum absolute atomic E-state index is 0.107. The Morgan fingerprint density at radius 3 is 2.28 bits per heavy atom. The molecule has 0 aromatic heterocycles. The van der Waals surface area contributed by atoms with E-state index >= 15 is 0 Å². The van der Waals surface area contributed by atoms with Crippen molar-refractivity contribution in [2.75, 3.05) is 0 Å². The Hall–Kier alpha value is -2.81. The molecular weight excluding hydrogens is 369 g/mol. The molecule has 0 radical (unpaired) electrons. The predicted molar refractivity (Wildman–Crippen MR) is 117 cm³/mol. The minimum atomic E-state index is -1.18. The van der Waals surface area contributed by atoms with E-state index in [1.807, 2.05) is 25.1 Å². The van der Waals surface area contributed by atoms with E-state index in [2.05, 4.69) is 13.0 Å². The lowest BCUT2D eigenvalue weighted by Gasteiger charge is -2.09. The molecule has 0 heterocycles. The lowest BCUT2D eigenvalue weighted by molar-refractivity contribution is 0.622. The predicted octanol–water partition coefficient (Wildman–Crippen LogP) is 8.20. The van der Waals surface area contributed by atoms with E-state index in [0.717, 1.165) is 36.8 Å². The Kier molecular flexibility index (Phi) is 6.92. The smallest absolute Gasteiger partial charge is 0.169 e. The average Bonchev–Trinajstić information content (AvgIpc) is 2.74. The van der Waals surface area contributed by atoms with Gasteiger partial charge in [0.25, 0.3) is 0 Å². The zero-order valence-electron chi connectivity index (χ0n) is 16.8. The van der Waals surface area contributed by atoms with Crippen LogP contribution in [0.2, 0.25) is 0 Å². The van der Waals surface area contributed by atoms with Gasteiger partial charge < -0.3 is 0 Å². The van der Waals surface area contributed by atoms with Crippen LogP contribution in [0.4, 0.5) is 13.2 Å². The molecule has 29 heavy (non-hydrogen) atoms. The van der Waals surface area contributed by atoms with Crippen LogP contribution in [0, 0.1) is 5.82 Å². The van der Waals surface area contributed by atoms with Gasteiger partial charge in [0.05, 0.1) is 0 Å². The molecule has 3 rings (SSSR count). The molecule has 0 bridgehead atoms. The quantitative estimate of drug-likeness (QED) is 0.280. The van der Waals surface area contributed by atoms with Crippen molar-refractivity contribution in [1.29, 1.82) is 0 Å². The number of fused-ring (bicyclic) bond motifs is 1. The van der Waals surface area contributed by atoms with Crippen molar-refractivity contribution in [3.8, 4) is 0 Å². The second-order valence-electron chi connectivity index (χ2n) is 7.17. The molecule has 150 valence electrons. The topological polar surface area (TPSA) is 0 Å². The monoisotopic (exact) mass is 394 g/mol. The Morgan fingerprint density at radius 2 is 1.59 bits per heavy atom. The number of aryl methyl sites for hydroxylation is 2. The highest BCUT2D eigenvalue weighted by Crippen LogP contribution is 2.33. The molecule has 0 unspecified atom stereocenters. The highest BCUT2D eigenvalue weighted by Gasteiger charge is 2.17. The summed E-state index contributed by atoms with van der Waals surface area (Å²) in [6.07, 6.45) is 7.65. The second-order valence-corrected chi connectivity index (χ2v) is 7.17. The number of halogens is 3. The van der Waals surface area contributed by atoms with Gasteiger partial charge in [-0.1, -0.05) is 74.0 Å². The lowest BCUT2D eigenvalue weighted by atomic mass is 10.00. The van der Waals surface area contributed by atoms with Gasteiger partial charge in [-0.3, -0.25) is 0 Å². The van der Waals surface area contributed by atoms with Gasteiger partial charge >= 0.3 is 0 Å². The Labute approximate surface area is 170 Å². The Morgan fingerprint density at radius 1 is 0.862 bits per heavy atom. The molecule has 3 aromatic carbocycles. The van der Waals surface area contributed by atoms with Crippen LogP contribution in [0.15, 0.2) is 66.7 Å². The SMILES string of the molecule is C/C=C/CCc1ccc(C(F)=C(F)c2ccc3cc(CCC)ccc3c2F)cc1. The highest BCUT2D eigenvalue weighted by atomic mass is 19.2. The van der Waals surface area contributed by atoms with Gasteiger partial charge in [-0.15, -0.1) is 0 Å². The molecule has 0 saturated carbocycles. The van der Waals surface area contributed by atoms with Crippen molar-refractivity contribution >= 4 is 22.4 Å². The van der Waals surface area contributed by atoms with E-state index in [4.69, 9.17) is 0 Å². The fourth-order valence-electron chi connectivity index (χ4n) is 3.43. The second kappa shape index (κ2) is 9.60. The van der Waals surface area contributed by atoms with Crippen LogP contribution in [-0.4, -0.2) is 0 Å². The molecule has 0 saturated heterocycles. The molecule has 3 aromatic rings. The molecule has 0 amide bonds. The third-order valence-electron chi connectivity index (χ3n) is 5.03. The minimum Gasteiger partial charge on any atom is -0.206 e. The van der Waals surface area contributed by atoms with Gasteiger partial charge in [-0.2, -0.15) is 0 Å². The molecule has 0 aliphatic heterocycles. The molecule has 0 N–H and O–H groups in total. The summed E-state index contributed by atoms with van der Waals surface area (Å²) in [7, 11) is 0. The van der Waals surface area contributed by atoms with Crippen LogP contribution < -0.4 is 0 Å². The number of allylic oxidation sites excluding steroid dienone is 2. The van der Waals surface area contributed by atoms with Gasteiger partial charge in [0.2, 0.25) is 0 Å². The third-order valence-corrected chi connectivity index (χ3v) is 5.03. The van der Waals surface area contributed by atoms with E-state index in [1.165, 1.54) is 18.2 Å². The van der Waals surface area contributed by atoms with Crippen LogP contribution >= 0.6 is 0 Å². The van der Waals surface area contributed by atoms with Crippen molar-refractivity contribution in [2.24, 2.45) is 0 Å². The van der Waals surface area contributed by atoms with E-state index in [1.54, 1.807) is 24.3 Å². The van der Waals surface area contributed by atoms with E-state index in [0.29, 0.717) is 10.8 Å². The summed E-state index contributed by atoms with van der Waals surface area (Å²) in [6.45, 7) is 4.04. The summed E-state index contributed by atoms with van der Waals surface area (Å²) in [6, 6.07) is 15.0. The first-order valence-corrected chi connectivity index (χ1v) is 10.0. The van der Waals surface area contributed by atoms with Crippen LogP contribution in [0.3, 0.4) is 0 Å². The van der Waals surface area contributed by atoms with E-state index < -0.39 is 17.5 Å². The maximum absolute atomic E-state index is 14.9. The number of hydrogen-bond donors (Lipinski definition) is 0. The van der Waals surface area contributed by atoms with Gasteiger partial charge in [-0.05, 0) is 48.8 Å². The fourth-order valence-corrected chi connectivity index (χ4v) is 3.43. The molecule has 0 fully saturated rings. The largest absolute Gasteiger partial charge is 0.206 e. The average molecular weight is 394 g/mol. The summed E-state index contributed by atoms with van der Waals surface area (Å²) < 4.78 is 44.4. The van der Waals surface area contributed by atoms with Gasteiger partial charge in [0.1, 0.15) is 5.82 Å². The molecule has 0 spiro atoms. The van der Waals surface area contributed by atoms with Gasteiger partial charge in [0.15, 0.2) is 11.7 Å². The van der Waals surface area contributed by atoms with Crippen LogP contribution in [0.25, 0.3) is 22.4 Å². The molecule has 0 aliphatic carbocycles. The summed E-state index contributed by atoms with van der Waals surface area (Å²) in [5.41, 5.74) is 1.90. The molecular formula is C26H25F3. The summed E-state index contributed by atoms with van der Waals surface area (Å²) in [5.74, 6) is -2.96. The first-order chi connectivity index (χ1) is 14.0. The number of hydrogen-bond acceptors (Lipinski definition) is 0. The van der Waals surface area contributed by atoms with Crippen LogP contribution in [0.1, 0.15) is 48.9 Å². The number of benzene rings is 3. The normalized spacial score (nSPS) is 12.6. The molecule has 3 heteroatoms. The maximum Gasteiger partial charge on any atom is 0.169 e. The first-order valence-electron chi connectivity index (χ1n) is 10.0. The van der Waals surface area contributed by atoms with Crippen LogP contribution in [0.5, 0.6) is 0 Å². The van der Waals surface area contributed by atoms with Crippen molar-refractivity contribution in [1.82, 2.24) is 0 Å². The van der Waals surface area contributed by atoms with Crippen molar-refractivity contribution < 1.29 is 13.2 Å². The van der Waals surface area contributed by atoms with E-state index in [9.17, 15) is 13.2 Å². The fraction of sp³-hybridized carbons (Fsp3) is 0.231. The van der Waals surface area contributed by atoms with E-state index in [-0.39, 0.29) is 11.1 Å². The zero-order valence-corrected chi connectivity index (χ0v) is 16.8. The standard InChI is InChI=1S/C26H25F3/c1-3-5-6-8-18-9-12-20(13-10-18)24(27)26(29)23-16-14-21-17-19(7-4-2)11-15-22(21)25(23)28/h3,5,9-17H,4,6-8H2,1-2H3/b5-3+,26-24?. The summed E-state index contributed by atoms with van der Waals surface area (Å²) in [5, 5.41) is 0.987. The van der Waals surface area contributed by atoms with Crippen LogP contribution in [-0.2, 0) is 12.8 Å².